The maximum absolute atomic E-state index is 12.0. The molecule has 6 heteroatoms. The summed E-state index contributed by atoms with van der Waals surface area (Å²) in [6, 6.07) is 22.1. The van der Waals surface area contributed by atoms with Crippen LogP contribution in [0.2, 0.25) is 5.02 Å². The van der Waals surface area contributed by atoms with Gasteiger partial charge in [-0.2, -0.15) is 5.10 Å². The lowest BCUT2D eigenvalue weighted by atomic mass is 10.2. The number of hydrazone groups is 1. The number of halogens is 1. The lowest BCUT2D eigenvalue weighted by Crippen LogP contribution is -2.17. The van der Waals surface area contributed by atoms with Gasteiger partial charge in [-0.25, -0.2) is 5.43 Å². The molecule has 1 N–H and O–H groups in total. The van der Waals surface area contributed by atoms with Gasteiger partial charge in [0.05, 0.1) is 19.4 Å². The van der Waals surface area contributed by atoms with Crippen molar-refractivity contribution in [2.75, 3.05) is 13.2 Å². The van der Waals surface area contributed by atoms with E-state index in [1.165, 1.54) is 0 Å². The first-order valence-electron chi connectivity index (χ1n) is 9.62. The average Bonchev–Trinajstić information content (AvgIpc) is 2.75. The number of carbonyl (C=O) groups is 1. The van der Waals surface area contributed by atoms with Gasteiger partial charge < -0.3 is 9.47 Å². The summed E-state index contributed by atoms with van der Waals surface area (Å²) < 4.78 is 11.5. The maximum atomic E-state index is 12.0. The molecule has 0 atom stereocenters. The number of nitrogens with one attached hydrogen (secondary N) is 1. The van der Waals surface area contributed by atoms with Crippen LogP contribution in [0.4, 0.5) is 0 Å². The molecule has 0 heterocycles. The minimum Gasteiger partial charge on any atom is -0.493 e. The highest BCUT2D eigenvalue weighted by Crippen LogP contribution is 2.16. The Bertz CT molecular complexity index is 1000. The Morgan fingerprint density at radius 1 is 1.00 bits per heavy atom. The number of amides is 1. The van der Waals surface area contributed by atoms with Gasteiger partial charge in [0, 0.05) is 17.0 Å². The van der Waals surface area contributed by atoms with E-state index in [0.29, 0.717) is 23.8 Å². The van der Waals surface area contributed by atoms with Crippen molar-refractivity contribution in [1.29, 1.82) is 0 Å². The molecular weight excluding hydrogens is 400 g/mol. The average molecular weight is 423 g/mol. The van der Waals surface area contributed by atoms with Gasteiger partial charge in [-0.15, -0.1) is 0 Å². The second kappa shape index (κ2) is 11.0. The molecule has 3 rings (SSSR count). The summed E-state index contributed by atoms with van der Waals surface area (Å²) in [5.41, 5.74) is 4.90. The third kappa shape index (κ3) is 6.64. The Kier molecular flexibility index (Phi) is 7.86. The second-order valence-corrected chi connectivity index (χ2v) is 7.03. The molecule has 0 unspecified atom stereocenters. The molecule has 0 fully saturated rings. The highest BCUT2D eigenvalue weighted by Gasteiger charge is 2.04. The number of ether oxygens (including phenoxy) is 2. The molecule has 0 saturated heterocycles. The highest BCUT2D eigenvalue weighted by atomic mass is 35.5. The Hall–Kier alpha value is -3.31. The van der Waals surface area contributed by atoms with Crippen molar-refractivity contribution >= 4 is 23.7 Å². The van der Waals surface area contributed by atoms with Crippen LogP contribution >= 0.6 is 11.6 Å². The van der Waals surface area contributed by atoms with E-state index in [9.17, 15) is 4.79 Å². The molecular formula is C24H23ClN2O3. The molecule has 0 aliphatic carbocycles. The summed E-state index contributed by atoms with van der Waals surface area (Å²) in [6.45, 7) is 3.19. The van der Waals surface area contributed by atoms with Crippen LogP contribution < -0.4 is 14.9 Å². The number of para-hydroxylation sites is 1. The second-order valence-electron chi connectivity index (χ2n) is 6.59. The molecule has 0 aliphatic rings. The van der Waals surface area contributed by atoms with Crippen molar-refractivity contribution in [3.05, 3.63) is 94.5 Å². The van der Waals surface area contributed by atoms with Crippen molar-refractivity contribution in [1.82, 2.24) is 5.43 Å². The van der Waals surface area contributed by atoms with E-state index >= 15 is 0 Å². The lowest BCUT2D eigenvalue weighted by molar-refractivity contribution is 0.0955. The zero-order chi connectivity index (χ0) is 21.2. The molecule has 3 aromatic rings. The number of hydrogen-bond acceptors (Lipinski definition) is 4. The SMILES string of the molecule is Cc1ccccc1OCCCOc1ccc(/C=N/NC(=O)c2cccc(Cl)c2)cc1. The largest absolute Gasteiger partial charge is 0.493 e. The fourth-order valence-electron chi connectivity index (χ4n) is 2.66. The summed E-state index contributed by atoms with van der Waals surface area (Å²) >= 11 is 5.88. The van der Waals surface area contributed by atoms with Crippen LogP contribution in [0.15, 0.2) is 77.9 Å². The highest BCUT2D eigenvalue weighted by molar-refractivity contribution is 6.30. The van der Waals surface area contributed by atoms with Gasteiger partial charge in [0.1, 0.15) is 11.5 Å². The van der Waals surface area contributed by atoms with Gasteiger partial charge in [0.15, 0.2) is 0 Å². The molecule has 0 spiro atoms. The number of benzene rings is 3. The number of aryl methyl sites for hydroxylation is 1. The number of rotatable bonds is 9. The standard InChI is InChI=1S/C24H23ClN2O3/c1-18-6-2-3-9-23(18)30-15-5-14-29-22-12-10-19(11-13-22)17-26-27-24(28)20-7-4-8-21(25)16-20/h2-4,6-13,16-17H,5,14-15H2,1H3,(H,27,28)/b26-17+. The van der Waals surface area contributed by atoms with Crippen LogP contribution in [-0.4, -0.2) is 25.3 Å². The normalized spacial score (nSPS) is 10.7. The van der Waals surface area contributed by atoms with E-state index in [0.717, 1.165) is 29.0 Å². The summed E-state index contributed by atoms with van der Waals surface area (Å²) in [5.74, 6) is 1.36. The molecule has 0 bridgehead atoms. The van der Waals surface area contributed by atoms with Gasteiger partial charge in [-0.3, -0.25) is 4.79 Å². The Balaban J connectivity index is 1.38. The lowest BCUT2D eigenvalue weighted by Gasteiger charge is -2.09. The van der Waals surface area contributed by atoms with Gasteiger partial charge in [-0.1, -0.05) is 35.9 Å². The van der Waals surface area contributed by atoms with Crippen molar-refractivity contribution in [3.8, 4) is 11.5 Å². The first-order valence-corrected chi connectivity index (χ1v) is 10.00. The Morgan fingerprint density at radius 2 is 1.77 bits per heavy atom. The van der Waals surface area contributed by atoms with E-state index in [1.54, 1.807) is 30.5 Å². The van der Waals surface area contributed by atoms with E-state index in [-0.39, 0.29) is 5.91 Å². The predicted octanol–water partition coefficient (Wildman–Crippen LogP) is 5.26. The van der Waals surface area contributed by atoms with Crippen molar-refractivity contribution in [2.24, 2.45) is 5.10 Å². The first-order chi connectivity index (χ1) is 14.6. The van der Waals surface area contributed by atoms with E-state index < -0.39 is 0 Å². The molecule has 1 amide bonds. The minimum atomic E-state index is -0.318. The van der Waals surface area contributed by atoms with Crippen molar-refractivity contribution < 1.29 is 14.3 Å². The van der Waals surface area contributed by atoms with E-state index in [4.69, 9.17) is 21.1 Å². The molecule has 154 valence electrons. The van der Waals surface area contributed by atoms with Crippen LogP contribution in [0.1, 0.15) is 27.9 Å². The number of nitrogens with zero attached hydrogens (tertiary/aromatic N) is 1. The molecule has 0 aromatic heterocycles. The Morgan fingerprint density at radius 3 is 2.53 bits per heavy atom. The first kappa shape index (κ1) is 21.4. The monoisotopic (exact) mass is 422 g/mol. The number of hydrogen-bond donors (Lipinski definition) is 1. The van der Waals surface area contributed by atoms with Gasteiger partial charge in [-0.05, 0) is 66.6 Å². The van der Waals surface area contributed by atoms with E-state index in [2.05, 4.69) is 10.5 Å². The fraction of sp³-hybridized carbons (Fsp3) is 0.167. The predicted molar refractivity (Wildman–Crippen MR) is 120 cm³/mol. The molecule has 5 nitrogen and oxygen atoms in total. The molecule has 30 heavy (non-hydrogen) atoms. The third-order valence-corrected chi connectivity index (χ3v) is 4.49. The van der Waals surface area contributed by atoms with Crippen molar-refractivity contribution in [2.45, 2.75) is 13.3 Å². The topological polar surface area (TPSA) is 59.9 Å². The van der Waals surface area contributed by atoms with Gasteiger partial charge in [0.25, 0.3) is 5.91 Å². The minimum absolute atomic E-state index is 0.318. The molecule has 0 saturated carbocycles. The smallest absolute Gasteiger partial charge is 0.271 e. The summed E-state index contributed by atoms with van der Waals surface area (Å²) in [7, 11) is 0. The summed E-state index contributed by atoms with van der Waals surface area (Å²) in [6.07, 6.45) is 2.36. The molecule has 0 aliphatic heterocycles. The fourth-order valence-corrected chi connectivity index (χ4v) is 2.85. The molecule has 3 aromatic carbocycles. The van der Waals surface area contributed by atoms with Crippen molar-refractivity contribution in [3.63, 3.8) is 0 Å². The van der Waals surface area contributed by atoms with Crippen LogP contribution in [0.3, 0.4) is 0 Å². The molecule has 0 radical (unpaired) electrons. The zero-order valence-electron chi connectivity index (χ0n) is 16.7. The van der Waals surface area contributed by atoms with Gasteiger partial charge in [0.2, 0.25) is 0 Å². The summed E-state index contributed by atoms with van der Waals surface area (Å²) in [4.78, 5) is 12.0. The third-order valence-electron chi connectivity index (χ3n) is 4.26. The van der Waals surface area contributed by atoms with Gasteiger partial charge >= 0.3 is 0 Å². The maximum Gasteiger partial charge on any atom is 0.271 e. The van der Waals surface area contributed by atoms with Crippen LogP contribution in [0.5, 0.6) is 11.5 Å². The zero-order valence-corrected chi connectivity index (χ0v) is 17.4. The van der Waals surface area contributed by atoms with Crippen LogP contribution in [-0.2, 0) is 0 Å². The van der Waals surface area contributed by atoms with Crippen LogP contribution in [0.25, 0.3) is 0 Å². The summed E-state index contributed by atoms with van der Waals surface area (Å²) in [5, 5.41) is 4.48. The van der Waals surface area contributed by atoms with Crippen LogP contribution in [0, 0.1) is 6.92 Å². The van der Waals surface area contributed by atoms with E-state index in [1.807, 2.05) is 55.5 Å². The number of carbonyl (C=O) groups excluding carboxylic acids is 1. The quantitative estimate of drug-likeness (QED) is 0.290. The Labute approximate surface area is 181 Å².